The van der Waals surface area contributed by atoms with E-state index >= 15 is 0 Å². The largest absolute Gasteiger partial charge is 0.301 e. The van der Waals surface area contributed by atoms with E-state index in [1.165, 1.54) is 28.4 Å². The van der Waals surface area contributed by atoms with Crippen LogP contribution in [0.3, 0.4) is 0 Å². The van der Waals surface area contributed by atoms with Gasteiger partial charge in [0.25, 0.3) is 0 Å². The Morgan fingerprint density at radius 1 is 1.24 bits per heavy atom. The molecule has 1 saturated heterocycles. The van der Waals surface area contributed by atoms with Crippen LogP contribution in [0.25, 0.3) is 0 Å². The molecule has 1 N–H and O–H groups in total. The Morgan fingerprint density at radius 2 is 2.00 bits per heavy atom. The number of carbonyl (C=O) groups is 1. The summed E-state index contributed by atoms with van der Waals surface area (Å²) in [5.74, 6) is -0.138. The molecule has 25 heavy (non-hydrogen) atoms. The molecular formula is C17H27N3O3S2. The zero-order valence-electron chi connectivity index (χ0n) is 14.8. The zero-order chi connectivity index (χ0) is 17.9. The number of thiazole rings is 1. The van der Waals surface area contributed by atoms with E-state index in [1.807, 2.05) is 6.92 Å². The minimum atomic E-state index is -3.35. The van der Waals surface area contributed by atoms with E-state index in [1.54, 1.807) is 11.3 Å². The predicted molar refractivity (Wildman–Crippen MR) is 100 cm³/mol. The van der Waals surface area contributed by atoms with Crippen molar-refractivity contribution in [2.45, 2.75) is 70.8 Å². The number of nitrogens with zero attached hydrogens (tertiary/aromatic N) is 2. The van der Waals surface area contributed by atoms with Crippen LogP contribution < -0.4 is 5.32 Å². The van der Waals surface area contributed by atoms with Crippen LogP contribution in [0.15, 0.2) is 0 Å². The Morgan fingerprint density at radius 3 is 2.76 bits per heavy atom. The second kappa shape index (κ2) is 8.14. The summed E-state index contributed by atoms with van der Waals surface area (Å²) in [4.78, 5) is 18.6. The van der Waals surface area contributed by atoms with Crippen molar-refractivity contribution in [3.05, 3.63) is 10.6 Å². The molecule has 1 atom stereocenters. The minimum absolute atomic E-state index is 0.0995. The van der Waals surface area contributed by atoms with Gasteiger partial charge in [-0.25, -0.2) is 13.4 Å². The second-order valence-electron chi connectivity index (χ2n) is 6.88. The van der Waals surface area contributed by atoms with Gasteiger partial charge in [0, 0.05) is 11.4 Å². The molecule has 1 unspecified atom stereocenters. The average molecular weight is 386 g/mol. The van der Waals surface area contributed by atoms with Gasteiger partial charge in [-0.1, -0.05) is 19.8 Å². The fraction of sp³-hybridized carbons (Fsp3) is 0.765. The Kier molecular flexibility index (Phi) is 6.12. The molecule has 0 saturated carbocycles. The predicted octanol–water partition coefficient (Wildman–Crippen LogP) is 2.94. The van der Waals surface area contributed by atoms with Crippen LogP contribution in [-0.2, 0) is 27.7 Å². The van der Waals surface area contributed by atoms with E-state index in [9.17, 15) is 13.2 Å². The Labute approximate surface area is 154 Å². The van der Waals surface area contributed by atoms with E-state index in [0.717, 1.165) is 31.4 Å². The van der Waals surface area contributed by atoms with Crippen molar-refractivity contribution in [3.8, 4) is 0 Å². The summed E-state index contributed by atoms with van der Waals surface area (Å²) < 4.78 is 26.1. The number of nitrogens with one attached hydrogen (secondary N) is 1. The van der Waals surface area contributed by atoms with Gasteiger partial charge in [0.1, 0.15) is 6.04 Å². The lowest BCUT2D eigenvalue weighted by Gasteiger charge is -2.22. The van der Waals surface area contributed by atoms with E-state index in [2.05, 4.69) is 10.3 Å². The molecule has 2 heterocycles. The highest BCUT2D eigenvalue weighted by atomic mass is 32.2. The topological polar surface area (TPSA) is 79.4 Å². The molecule has 1 fully saturated rings. The number of amides is 1. The molecule has 1 aromatic rings. The van der Waals surface area contributed by atoms with E-state index < -0.39 is 16.1 Å². The highest BCUT2D eigenvalue weighted by Gasteiger charge is 2.38. The van der Waals surface area contributed by atoms with Crippen LogP contribution in [0, 0.1) is 0 Å². The first-order chi connectivity index (χ1) is 12.0. The van der Waals surface area contributed by atoms with Crippen LogP contribution in [0.1, 0.15) is 62.4 Å². The third kappa shape index (κ3) is 4.41. The molecule has 1 aromatic heterocycles. The summed E-state index contributed by atoms with van der Waals surface area (Å²) in [6.07, 6.45) is 8.70. The lowest BCUT2D eigenvalue weighted by Crippen LogP contribution is -2.44. The molecule has 1 amide bonds. The van der Waals surface area contributed by atoms with E-state index in [0.29, 0.717) is 24.5 Å². The van der Waals surface area contributed by atoms with Gasteiger partial charge in [-0.05, 0) is 44.9 Å². The molecule has 3 rings (SSSR count). The number of anilines is 1. The van der Waals surface area contributed by atoms with Gasteiger partial charge in [0.05, 0.1) is 11.4 Å². The lowest BCUT2D eigenvalue weighted by molar-refractivity contribution is -0.119. The highest BCUT2D eigenvalue weighted by Crippen LogP contribution is 2.29. The normalized spacial score (nSPS) is 22.2. The first-order valence-electron chi connectivity index (χ1n) is 9.30. The molecule has 2 aliphatic rings. The molecule has 6 nitrogen and oxygen atoms in total. The smallest absolute Gasteiger partial charge is 0.244 e. The van der Waals surface area contributed by atoms with Gasteiger partial charge in [-0.15, -0.1) is 11.3 Å². The minimum Gasteiger partial charge on any atom is -0.301 e. The van der Waals surface area contributed by atoms with Gasteiger partial charge in [-0.2, -0.15) is 4.31 Å². The van der Waals surface area contributed by atoms with Crippen molar-refractivity contribution in [3.63, 3.8) is 0 Å². The molecule has 8 heteroatoms. The number of carbonyl (C=O) groups excluding carboxylic acids is 1. The lowest BCUT2D eigenvalue weighted by atomic mass is 10.0. The summed E-state index contributed by atoms with van der Waals surface area (Å²) in [5, 5.41) is 3.51. The molecule has 0 bridgehead atoms. The Balaban J connectivity index is 1.70. The molecular weight excluding hydrogens is 358 g/mol. The van der Waals surface area contributed by atoms with Crippen molar-refractivity contribution in [2.75, 3.05) is 17.6 Å². The Hall–Kier alpha value is -0.990. The van der Waals surface area contributed by atoms with Crippen LogP contribution in [0.2, 0.25) is 0 Å². The number of rotatable bonds is 5. The molecule has 140 valence electrons. The summed E-state index contributed by atoms with van der Waals surface area (Å²) in [6.45, 7) is 2.28. The van der Waals surface area contributed by atoms with Crippen molar-refractivity contribution < 1.29 is 13.2 Å². The summed E-state index contributed by atoms with van der Waals surface area (Å²) in [7, 11) is -3.35. The standard InChI is InChI=1S/C17H27N3O3S2/c1-2-12-25(22,23)20-11-7-9-14(20)16(21)19-17-18-13-8-5-3-4-6-10-15(13)24-17/h14H,2-12H2,1H3,(H,18,19,21). The molecule has 0 aromatic carbocycles. The van der Waals surface area contributed by atoms with Crippen LogP contribution in [-0.4, -0.2) is 42.0 Å². The van der Waals surface area contributed by atoms with Crippen LogP contribution in [0.5, 0.6) is 0 Å². The summed E-state index contributed by atoms with van der Waals surface area (Å²) in [6, 6.07) is -0.594. The van der Waals surface area contributed by atoms with Crippen molar-refractivity contribution in [1.29, 1.82) is 0 Å². The van der Waals surface area contributed by atoms with Gasteiger partial charge in [0.15, 0.2) is 5.13 Å². The van der Waals surface area contributed by atoms with Crippen molar-refractivity contribution >= 4 is 32.4 Å². The van der Waals surface area contributed by atoms with Gasteiger partial charge in [-0.3, -0.25) is 4.79 Å². The third-order valence-electron chi connectivity index (χ3n) is 4.90. The van der Waals surface area contributed by atoms with E-state index in [-0.39, 0.29) is 11.7 Å². The maximum absolute atomic E-state index is 12.7. The molecule has 1 aliphatic carbocycles. The van der Waals surface area contributed by atoms with Crippen molar-refractivity contribution in [1.82, 2.24) is 9.29 Å². The maximum Gasteiger partial charge on any atom is 0.244 e. The first-order valence-corrected chi connectivity index (χ1v) is 11.7. The fourth-order valence-electron chi connectivity index (χ4n) is 3.66. The number of aromatic nitrogens is 1. The van der Waals surface area contributed by atoms with Gasteiger partial charge >= 0.3 is 0 Å². The van der Waals surface area contributed by atoms with Gasteiger partial charge in [0.2, 0.25) is 15.9 Å². The number of fused-ring (bicyclic) bond motifs is 1. The average Bonchev–Trinajstić information content (AvgIpc) is 3.15. The van der Waals surface area contributed by atoms with Gasteiger partial charge < -0.3 is 5.32 Å². The monoisotopic (exact) mass is 385 g/mol. The molecule has 0 radical (unpaired) electrons. The highest BCUT2D eigenvalue weighted by molar-refractivity contribution is 7.89. The molecule has 0 spiro atoms. The quantitative estimate of drug-likeness (QED) is 0.845. The SMILES string of the molecule is CCCS(=O)(=O)N1CCCC1C(=O)Nc1nc2c(s1)CCCCCC2. The fourth-order valence-corrected chi connectivity index (χ4v) is 6.46. The zero-order valence-corrected chi connectivity index (χ0v) is 16.4. The van der Waals surface area contributed by atoms with E-state index in [4.69, 9.17) is 0 Å². The number of aryl methyl sites for hydroxylation is 2. The summed E-state index contributed by atoms with van der Waals surface area (Å²) >= 11 is 1.55. The number of sulfonamides is 1. The van der Waals surface area contributed by atoms with Crippen LogP contribution in [0.4, 0.5) is 5.13 Å². The third-order valence-corrected chi connectivity index (χ3v) is 8.05. The van der Waals surface area contributed by atoms with Crippen LogP contribution >= 0.6 is 11.3 Å². The first kappa shape index (κ1) is 18.8. The number of hydrogen-bond donors (Lipinski definition) is 1. The molecule has 1 aliphatic heterocycles. The maximum atomic E-state index is 12.7. The number of hydrogen-bond acceptors (Lipinski definition) is 5. The second-order valence-corrected chi connectivity index (χ2v) is 10.0. The van der Waals surface area contributed by atoms with Crippen molar-refractivity contribution in [2.24, 2.45) is 0 Å². The summed E-state index contributed by atoms with van der Waals surface area (Å²) in [5.41, 5.74) is 1.11. The Bertz CT molecular complexity index is 689.